The van der Waals surface area contributed by atoms with E-state index in [1.165, 1.54) is 12.1 Å². The Morgan fingerprint density at radius 3 is 2.67 bits per heavy atom. The molecule has 2 aromatic carbocycles. The largest absolute Gasteiger partial charge is 0.299 e. The number of nitrogens with one attached hydrogen (secondary N) is 1. The highest BCUT2D eigenvalue weighted by molar-refractivity contribution is 9.10. The van der Waals surface area contributed by atoms with Gasteiger partial charge < -0.3 is 0 Å². The third-order valence-corrected chi connectivity index (χ3v) is 7.08. The van der Waals surface area contributed by atoms with Crippen LogP contribution in [0.4, 0.5) is 4.39 Å². The van der Waals surface area contributed by atoms with Crippen molar-refractivity contribution in [2.24, 2.45) is 5.92 Å². The van der Waals surface area contributed by atoms with Crippen LogP contribution < -0.4 is 4.72 Å². The Bertz CT molecular complexity index is 887. The van der Waals surface area contributed by atoms with Crippen LogP contribution in [-0.4, -0.2) is 33.0 Å². The number of piperidine rings is 1. The van der Waals surface area contributed by atoms with E-state index in [4.69, 9.17) is 0 Å². The molecule has 0 bridgehead atoms. The van der Waals surface area contributed by atoms with Crippen LogP contribution >= 0.6 is 15.9 Å². The molecule has 1 heterocycles. The molecular weight excluding hydrogens is 431 g/mol. The number of benzene rings is 2. The zero-order valence-electron chi connectivity index (χ0n) is 15.3. The summed E-state index contributed by atoms with van der Waals surface area (Å²) in [7, 11) is -3.48. The molecule has 0 aliphatic carbocycles. The van der Waals surface area contributed by atoms with Crippen LogP contribution in [0.1, 0.15) is 24.0 Å². The summed E-state index contributed by atoms with van der Waals surface area (Å²) in [6, 6.07) is 11.6. The number of nitrogens with zero attached hydrogens (tertiary/aromatic N) is 1. The minimum atomic E-state index is -3.48. The van der Waals surface area contributed by atoms with Crippen LogP contribution in [0.5, 0.6) is 0 Å². The Morgan fingerprint density at radius 2 is 1.96 bits per heavy atom. The summed E-state index contributed by atoms with van der Waals surface area (Å²) >= 11 is 3.42. The number of hydrogen-bond acceptors (Lipinski definition) is 3. The van der Waals surface area contributed by atoms with Gasteiger partial charge >= 0.3 is 0 Å². The second-order valence-corrected chi connectivity index (χ2v) is 9.77. The molecule has 1 atom stereocenters. The van der Waals surface area contributed by atoms with Crippen molar-refractivity contribution < 1.29 is 12.8 Å². The van der Waals surface area contributed by atoms with Crippen molar-refractivity contribution in [3.8, 4) is 0 Å². The number of aryl methyl sites for hydroxylation is 1. The Morgan fingerprint density at radius 1 is 1.22 bits per heavy atom. The standard InChI is InChI=1S/C20H24BrFN2O2S/c1-15-4-8-19(9-5-15)27(25,26)23-12-16-3-2-10-24(13-16)14-17-6-7-18(22)11-20(17)21/h4-9,11,16,23H,2-3,10,12-14H2,1H3. The first-order chi connectivity index (χ1) is 12.8. The molecule has 1 saturated heterocycles. The zero-order chi connectivity index (χ0) is 19.4. The third kappa shape index (κ3) is 5.60. The van der Waals surface area contributed by atoms with Crippen molar-refractivity contribution in [2.45, 2.75) is 31.2 Å². The highest BCUT2D eigenvalue weighted by Crippen LogP contribution is 2.23. The molecule has 1 aliphatic heterocycles. The van der Waals surface area contributed by atoms with Crippen LogP contribution in [0.2, 0.25) is 0 Å². The van der Waals surface area contributed by atoms with E-state index in [1.807, 2.05) is 6.92 Å². The molecule has 0 amide bonds. The minimum Gasteiger partial charge on any atom is -0.299 e. The highest BCUT2D eigenvalue weighted by Gasteiger charge is 2.23. The quantitative estimate of drug-likeness (QED) is 0.714. The first-order valence-corrected chi connectivity index (χ1v) is 11.3. The summed E-state index contributed by atoms with van der Waals surface area (Å²) in [6.07, 6.45) is 2.02. The summed E-state index contributed by atoms with van der Waals surface area (Å²) in [4.78, 5) is 2.60. The number of hydrogen-bond donors (Lipinski definition) is 1. The smallest absolute Gasteiger partial charge is 0.240 e. The molecule has 1 unspecified atom stereocenters. The van der Waals surface area contributed by atoms with Crippen molar-refractivity contribution in [2.75, 3.05) is 19.6 Å². The lowest BCUT2D eigenvalue weighted by atomic mass is 9.98. The first-order valence-electron chi connectivity index (χ1n) is 9.06. The van der Waals surface area contributed by atoms with Crippen LogP contribution in [-0.2, 0) is 16.6 Å². The molecule has 1 aliphatic rings. The van der Waals surface area contributed by atoms with Gasteiger partial charge in [0.25, 0.3) is 0 Å². The molecule has 0 aromatic heterocycles. The Hall–Kier alpha value is -1.28. The summed E-state index contributed by atoms with van der Waals surface area (Å²) in [5.41, 5.74) is 2.07. The molecular formula is C20H24BrFN2O2S. The van der Waals surface area contributed by atoms with E-state index in [0.29, 0.717) is 11.4 Å². The molecule has 7 heteroatoms. The summed E-state index contributed by atoms with van der Waals surface area (Å²) in [6.45, 7) is 4.87. The van der Waals surface area contributed by atoms with Gasteiger partial charge in [-0.3, -0.25) is 4.90 Å². The highest BCUT2D eigenvalue weighted by atomic mass is 79.9. The average molecular weight is 455 g/mol. The van der Waals surface area contributed by atoms with E-state index in [2.05, 4.69) is 25.6 Å². The molecule has 0 spiro atoms. The van der Waals surface area contributed by atoms with Gasteiger partial charge in [-0.1, -0.05) is 39.7 Å². The van der Waals surface area contributed by atoms with Gasteiger partial charge in [-0.25, -0.2) is 17.5 Å². The predicted molar refractivity (Wildman–Crippen MR) is 108 cm³/mol. The fourth-order valence-electron chi connectivity index (χ4n) is 3.38. The fourth-order valence-corrected chi connectivity index (χ4v) is 4.97. The topological polar surface area (TPSA) is 49.4 Å². The maximum Gasteiger partial charge on any atom is 0.240 e. The van der Waals surface area contributed by atoms with Crippen molar-refractivity contribution in [1.82, 2.24) is 9.62 Å². The maximum absolute atomic E-state index is 13.3. The van der Waals surface area contributed by atoms with Crippen LogP contribution in [0, 0.1) is 18.7 Å². The van der Waals surface area contributed by atoms with Crippen molar-refractivity contribution >= 4 is 26.0 Å². The Balaban J connectivity index is 1.57. The lowest BCUT2D eigenvalue weighted by Crippen LogP contribution is -2.40. The van der Waals surface area contributed by atoms with E-state index in [-0.39, 0.29) is 11.7 Å². The third-order valence-electron chi connectivity index (χ3n) is 4.91. The van der Waals surface area contributed by atoms with E-state index in [0.717, 1.165) is 48.1 Å². The molecule has 0 saturated carbocycles. The van der Waals surface area contributed by atoms with Crippen molar-refractivity contribution in [1.29, 1.82) is 0 Å². The van der Waals surface area contributed by atoms with Crippen molar-refractivity contribution in [3.05, 3.63) is 63.9 Å². The molecule has 146 valence electrons. The first kappa shape index (κ1) is 20.5. The molecule has 0 radical (unpaired) electrons. The van der Waals surface area contributed by atoms with E-state index < -0.39 is 10.0 Å². The lowest BCUT2D eigenvalue weighted by molar-refractivity contribution is 0.168. The van der Waals surface area contributed by atoms with Gasteiger partial charge in [0.1, 0.15) is 5.82 Å². The Labute approximate surface area is 169 Å². The molecule has 27 heavy (non-hydrogen) atoms. The van der Waals surface area contributed by atoms with Gasteiger partial charge in [-0.15, -0.1) is 0 Å². The summed E-state index contributed by atoms with van der Waals surface area (Å²) in [5.74, 6) is 0.00542. The second kappa shape index (κ2) is 8.82. The van der Waals surface area contributed by atoms with Gasteiger partial charge in [0.15, 0.2) is 0 Å². The van der Waals surface area contributed by atoms with Crippen molar-refractivity contribution in [3.63, 3.8) is 0 Å². The molecule has 1 N–H and O–H groups in total. The Kier molecular flexibility index (Phi) is 6.68. The zero-order valence-corrected chi connectivity index (χ0v) is 17.7. The monoisotopic (exact) mass is 454 g/mol. The van der Waals surface area contributed by atoms with Gasteiger partial charge in [0, 0.05) is 24.1 Å². The van der Waals surface area contributed by atoms with Gasteiger partial charge in [-0.05, 0) is 62.1 Å². The van der Waals surface area contributed by atoms with Crippen LogP contribution in [0.15, 0.2) is 51.8 Å². The molecule has 1 fully saturated rings. The number of sulfonamides is 1. The van der Waals surface area contributed by atoms with Gasteiger partial charge in [-0.2, -0.15) is 0 Å². The second-order valence-electron chi connectivity index (χ2n) is 7.14. The molecule has 4 nitrogen and oxygen atoms in total. The van der Waals surface area contributed by atoms with E-state index in [1.54, 1.807) is 30.3 Å². The molecule has 3 rings (SSSR count). The number of likely N-dealkylation sites (tertiary alicyclic amines) is 1. The van der Waals surface area contributed by atoms with E-state index >= 15 is 0 Å². The predicted octanol–water partition coefficient (Wildman–Crippen LogP) is 4.09. The van der Waals surface area contributed by atoms with Gasteiger partial charge in [0.05, 0.1) is 4.90 Å². The van der Waals surface area contributed by atoms with Crippen LogP contribution in [0.25, 0.3) is 0 Å². The summed E-state index contributed by atoms with van der Waals surface area (Å²) in [5, 5.41) is 0. The SMILES string of the molecule is Cc1ccc(S(=O)(=O)NCC2CCCN(Cc3ccc(F)cc3Br)C2)cc1. The fraction of sp³-hybridized carbons (Fsp3) is 0.400. The molecule has 2 aromatic rings. The normalized spacial score (nSPS) is 18.6. The van der Waals surface area contributed by atoms with E-state index in [9.17, 15) is 12.8 Å². The number of halogens is 2. The van der Waals surface area contributed by atoms with Gasteiger partial charge in [0.2, 0.25) is 10.0 Å². The average Bonchev–Trinajstić information content (AvgIpc) is 2.63. The maximum atomic E-state index is 13.3. The van der Waals surface area contributed by atoms with Crippen LogP contribution in [0.3, 0.4) is 0 Å². The lowest BCUT2D eigenvalue weighted by Gasteiger charge is -2.33. The number of rotatable bonds is 6. The summed E-state index contributed by atoms with van der Waals surface area (Å²) < 4.78 is 41.7. The minimum absolute atomic E-state index is 0.257.